The van der Waals surface area contributed by atoms with E-state index in [1.165, 1.54) is 12.8 Å². The predicted molar refractivity (Wildman–Crippen MR) is 110 cm³/mol. The second-order valence-corrected chi connectivity index (χ2v) is 8.63. The summed E-state index contributed by atoms with van der Waals surface area (Å²) >= 11 is 0. The van der Waals surface area contributed by atoms with Crippen molar-refractivity contribution in [2.45, 2.75) is 57.0 Å². The average molecular weight is 412 g/mol. The van der Waals surface area contributed by atoms with E-state index < -0.39 is 0 Å². The number of carbonyl (C=O) groups excluding carboxylic acids is 1. The Kier molecular flexibility index (Phi) is 5.71. The van der Waals surface area contributed by atoms with Crippen molar-refractivity contribution in [3.63, 3.8) is 0 Å². The van der Waals surface area contributed by atoms with Crippen molar-refractivity contribution in [3.05, 3.63) is 30.1 Å². The van der Waals surface area contributed by atoms with Crippen molar-refractivity contribution in [2.75, 3.05) is 26.3 Å². The van der Waals surface area contributed by atoms with Crippen LogP contribution in [0.15, 0.2) is 28.8 Å². The van der Waals surface area contributed by atoms with Gasteiger partial charge in [-0.1, -0.05) is 30.1 Å². The number of benzene rings is 1. The van der Waals surface area contributed by atoms with Crippen molar-refractivity contribution >= 4 is 5.91 Å². The summed E-state index contributed by atoms with van der Waals surface area (Å²) in [6.45, 7) is 2.91. The predicted octanol–water partition coefficient (Wildman–Crippen LogP) is 3.80. The Hall–Kier alpha value is -2.41. The van der Waals surface area contributed by atoms with Gasteiger partial charge in [0.25, 0.3) is 5.89 Å². The number of amides is 1. The molecule has 1 aromatic carbocycles. The van der Waals surface area contributed by atoms with Gasteiger partial charge in [0.15, 0.2) is 5.82 Å². The van der Waals surface area contributed by atoms with Crippen LogP contribution in [0.3, 0.4) is 0 Å². The summed E-state index contributed by atoms with van der Waals surface area (Å²) < 4.78 is 17.3. The van der Waals surface area contributed by atoms with Crippen LogP contribution >= 0.6 is 0 Å². The number of hydrogen-bond donors (Lipinski definition) is 0. The number of hydrogen-bond acceptors (Lipinski definition) is 6. The van der Waals surface area contributed by atoms with E-state index in [2.05, 4.69) is 10.1 Å². The molecule has 0 N–H and O–H groups in total. The zero-order chi connectivity index (χ0) is 20.3. The Morgan fingerprint density at radius 3 is 2.70 bits per heavy atom. The molecule has 3 aliphatic rings. The zero-order valence-corrected chi connectivity index (χ0v) is 17.3. The number of ether oxygens (including phenoxy) is 2. The molecule has 7 heteroatoms. The van der Waals surface area contributed by atoms with Crippen LogP contribution in [0.2, 0.25) is 0 Å². The van der Waals surface area contributed by atoms with Crippen molar-refractivity contribution in [3.8, 4) is 17.2 Å². The quantitative estimate of drug-likeness (QED) is 0.745. The van der Waals surface area contributed by atoms with Gasteiger partial charge in [-0.25, -0.2) is 0 Å². The maximum absolute atomic E-state index is 12.7. The van der Waals surface area contributed by atoms with Gasteiger partial charge in [0.2, 0.25) is 5.91 Å². The van der Waals surface area contributed by atoms with Crippen LogP contribution in [0.4, 0.5) is 0 Å². The fourth-order valence-corrected chi connectivity index (χ4v) is 4.85. The topological polar surface area (TPSA) is 77.7 Å². The van der Waals surface area contributed by atoms with Crippen molar-refractivity contribution in [1.29, 1.82) is 0 Å². The molecular weight excluding hydrogens is 382 g/mol. The second kappa shape index (κ2) is 8.76. The molecule has 1 unspecified atom stereocenters. The monoisotopic (exact) mass is 411 g/mol. The van der Waals surface area contributed by atoms with E-state index in [1.807, 2.05) is 29.2 Å². The number of para-hydroxylation sites is 1. The lowest BCUT2D eigenvalue weighted by molar-refractivity contribution is -0.134. The zero-order valence-electron chi connectivity index (χ0n) is 17.3. The van der Waals surface area contributed by atoms with Crippen LogP contribution in [-0.2, 0) is 9.53 Å². The van der Waals surface area contributed by atoms with Gasteiger partial charge in [-0.05, 0) is 37.8 Å². The summed E-state index contributed by atoms with van der Waals surface area (Å²) in [6.07, 6.45) is 7.12. The number of carbonyl (C=O) groups is 1. The van der Waals surface area contributed by atoms with Gasteiger partial charge in [-0.2, -0.15) is 4.98 Å². The van der Waals surface area contributed by atoms with E-state index >= 15 is 0 Å². The summed E-state index contributed by atoms with van der Waals surface area (Å²) in [6, 6.07) is 7.79. The van der Waals surface area contributed by atoms with E-state index in [9.17, 15) is 4.79 Å². The molecule has 2 saturated heterocycles. The molecule has 1 aliphatic carbocycles. The Labute approximate surface area is 176 Å². The fraction of sp³-hybridized carbons (Fsp3) is 0.609. The molecule has 3 heterocycles. The SMILES string of the molecule is O=C(C1CCCC1)N1CCC(Oc2ccccc2-c2nc(C3CCOCC3)no2)C1. The van der Waals surface area contributed by atoms with Crippen LogP contribution < -0.4 is 4.74 Å². The highest BCUT2D eigenvalue weighted by molar-refractivity contribution is 5.79. The smallest absolute Gasteiger partial charge is 0.261 e. The molecule has 1 saturated carbocycles. The maximum Gasteiger partial charge on any atom is 0.261 e. The molecule has 2 aromatic rings. The molecule has 0 radical (unpaired) electrons. The minimum absolute atomic E-state index is 0.00520. The molecule has 1 amide bonds. The van der Waals surface area contributed by atoms with E-state index in [1.54, 1.807) is 0 Å². The number of rotatable bonds is 5. The van der Waals surface area contributed by atoms with E-state index in [0.29, 0.717) is 18.3 Å². The normalized spacial score (nSPS) is 23.2. The van der Waals surface area contributed by atoms with Crippen LogP contribution in [0.5, 0.6) is 5.75 Å². The van der Waals surface area contributed by atoms with Gasteiger partial charge in [0.1, 0.15) is 11.9 Å². The summed E-state index contributed by atoms with van der Waals surface area (Å²) in [7, 11) is 0. The summed E-state index contributed by atoms with van der Waals surface area (Å²) in [5.74, 6) is 2.79. The van der Waals surface area contributed by atoms with Gasteiger partial charge < -0.3 is 18.9 Å². The standard InChI is InChI=1S/C23H29N3O4/c27-23(17-5-1-2-6-17)26-12-9-18(15-26)29-20-8-4-3-7-19(20)22-24-21(25-30-22)16-10-13-28-14-11-16/h3-4,7-8,16-18H,1-2,5-6,9-15H2. The highest BCUT2D eigenvalue weighted by Crippen LogP contribution is 2.33. The average Bonchev–Trinajstić information content (AvgIpc) is 3.56. The summed E-state index contributed by atoms with van der Waals surface area (Å²) in [5.41, 5.74) is 0.809. The lowest BCUT2D eigenvalue weighted by atomic mass is 10.00. The fourth-order valence-electron chi connectivity index (χ4n) is 4.85. The van der Waals surface area contributed by atoms with E-state index in [0.717, 1.165) is 69.0 Å². The summed E-state index contributed by atoms with van der Waals surface area (Å²) in [4.78, 5) is 19.4. The number of likely N-dealkylation sites (tertiary alicyclic amines) is 1. The number of aromatic nitrogens is 2. The molecule has 1 aromatic heterocycles. The first-order valence-corrected chi connectivity index (χ1v) is 11.2. The molecule has 3 fully saturated rings. The third kappa shape index (κ3) is 4.08. The van der Waals surface area contributed by atoms with Crippen molar-refractivity contribution in [1.82, 2.24) is 15.0 Å². The van der Waals surface area contributed by atoms with Gasteiger partial charge in [-0.3, -0.25) is 4.79 Å². The highest BCUT2D eigenvalue weighted by Gasteiger charge is 2.33. The minimum atomic E-state index is -0.00520. The number of nitrogens with zero attached hydrogens (tertiary/aromatic N) is 3. The Balaban J connectivity index is 1.26. The molecule has 0 bridgehead atoms. The van der Waals surface area contributed by atoms with Crippen LogP contribution in [0.1, 0.15) is 56.7 Å². The molecule has 30 heavy (non-hydrogen) atoms. The molecule has 0 spiro atoms. The van der Waals surface area contributed by atoms with Crippen molar-refractivity contribution < 1.29 is 18.8 Å². The highest BCUT2D eigenvalue weighted by atomic mass is 16.5. The third-order valence-electron chi connectivity index (χ3n) is 6.60. The molecule has 5 rings (SSSR count). The molecular formula is C23H29N3O4. The Bertz CT molecular complexity index is 871. The maximum atomic E-state index is 12.7. The molecule has 7 nitrogen and oxygen atoms in total. The lowest BCUT2D eigenvalue weighted by Crippen LogP contribution is -2.34. The first-order valence-electron chi connectivity index (χ1n) is 11.2. The Morgan fingerprint density at radius 2 is 1.87 bits per heavy atom. The third-order valence-corrected chi connectivity index (χ3v) is 6.60. The lowest BCUT2D eigenvalue weighted by Gasteiger charge is -2.21. The van der Waals surface area contributed by atoms with Crippen LogP contribution in [-0.4, -0.2) is 53.4 Å². The van der Waals surface area contributed by atoms with Gasteiger partial charge in [0, 0.05) is 38.0 Å². The van der Waals surface area contributed by atoms with Crippen molar-refractivity contribution in [2.24, 2.45) is 5.92 Å². The van der Waals surface area contributed by atoms with Crippen LogP contribution in [0.25, 0.3) is 11.5 Å². The molecule has 160 valence electrons. The minimum Gasteiger partial charge on any atom is -0.488 e. The van der Waals surface area contributed by atoms with Gasteiger partial charge in [0.05, 0.1) is 12.1 Å². The van der Waals surface area contributed by atoms with E-state index in [-0.39, 0.29) is 17.9 Å². The summed E-state index contributed by atoms with van der Waals surface area (Å²) in [5, 5.41) is 4.22. The van der Waals surface area contributed by atoms with Gasteiger partial charge >= 0.3 is 0 Å². The van der Waals surface area contributed by atoms with Gasteiger partial charge in [-0.15, -0.1) is 0 Å². The second-order valence-electron chi connectivity index (χ2n) is 8.63. The first kappa shape index (κ1) is 19.5. The Morgan fingerprint density at radius 1 is 1.07 bits per heavy atom. The largest absolute Gasteiger partial charge is 0.488 e. The van der Waals surface area contributed by atoms with E-state index in [4.69, 9.17) is 14.0 Å². The van der Waals surface area contributed by atoms with Crippen LogP contribution in [0, 0.1) is 5.92 Å². The first-order chi connectivity index (χ1) is 14.8. The molecule has 1 atom stereocenters. The molecule has 2 aliphatic heterocycles.